The molecule has 1 heterocycles. The van der Waals surface area contributed by atoms with Gasteiger partial charge in [-0.15, -0.1) is 0 Å². The molecule has 12 heavy (non-hydrogen) atoms. The molecule has 2 heteroatoms. The predicted molar refractivity (Wildman–Crippen MR) is 49.0 cm³/mol. The van der Waals surface area contributed by atoms with Crippen molar-refractivity contribution in [3.63, 3.8) is 0 Å². The van der Waals surface area contributed by atoms with Gasteiger partial charge in [0.15, 0.2) is 0 Å². The molecule has 2 nitrogen and oxygen atoms in total. The zero-order valence-corrected chi connectivity index (χ0v) is 7.79. The molecule has 0 fully saturated rings. The van der Waals surface area contributed by atoms with Gasteiger partial charge in [0, 0.05) is 0 Å². The Bertz CT molecular complexity index is 132. The lowest BCUT2D eigenvalue weighted by molar-refractivity contribution is -0.0620. The van der Waals surface area contributed by atoms with Crippen LogP contribution in [0.4, 0.5) is 0 Å². The lowest BCUT2D eigenvalue weighted by Crippen LogP contribution is -2.09. The van der Waals surface area contributed by atoms with E-state index in [0.29, 0.717) is 19.5 Å². The normalized spacial score (nSPS) is 23.9. The lowest BCUT2D eigenvalue weighted by Gasteiger charge is -2.10. The maximum Gasteiger partial charge on any atom is 0.147 e. The molecule has 0 radical (unpaired) electrons. The molecule has 0 aromatic carbocycles. The Morgan fingerprint density at radius 1 is 1.42 bits per heavy atom. The Morgan fingerprint density at radius 3 is 3.17 bits per heavy atom. The summed E-state index contributed by atoms with van der Waals surface area (Å²) in [6.07, 6.45) is 9.41. The monoisotopic (exact) mass is 170 g/mol. The quantitative estimate of drug-likeness (QED) is 0.476. The molecule has 0 saturated heterocycles. The van der Waals surface area contributed by atoms with Gasteiger partial charge in [0.1, 0.15) is 6.79 Å². The summed E-state index contributed by atoms with van der Waals surface area (Å²) in [5.41, 5.74) is 0. The summed E-state index contributed by atoms with van der Waals surface area (Å²) in [7, 11) is 0. The van der Waals surface area contributed by atoms with Crippen LogP contribution >= 0.6 is 0 Å². The van der Waals surface area contributed by atoms with E-state index in [1.807, 2.05) is 6.08 Å². The number of hydrogen-bond donors (Lipinski definition) is 0. The van der Waals surface area contributed by atoms with Crippen molar-refractivity contribution in [1.82, 2.24) is 0 Å². The van der Waals surface area contributed by atoms with E-state index in [4.69, 9.17) is 9.47 Å². The zero-order valence-electron chi connectivity index (χ0n) is 7.79. The third kappa shape index (κ3) is 3.88. The molecule has 1 unspecified atom stereocenters. The van der Waals surface area contributed by atoms with E-state index in [9.17, 15) is 0 Å². The molecule has 1 atom stereocenters. The van der Waals surface area contributed by atoms with Gasteiger partial charge in [0.2, 0.25) is 0 Å². The highest BCUT2D eigenvalue weighted by molar-refractivity contribution is 4.90. The van der Waals surface area contributed by atoms with E-state index in [0.717, 1.165) is 6.42 Å². The molecule has 70 valence electrons. The largest absolute Gasteiger partial charge is 0.351 e. The minimum absolute atomic E-state index is 0.291. The van der Waals surface area contributed by atoms with Crippen molar-refractivity contribution in [3.8, 4) is 0 Å². The topological polar surface area (TPSA) is 18.5 Å². The number of ether oxygens (including phenoxy) is 2. The Labute approximate surface area is 74.6 Å². The molecule has 1 aliphatic rings. The van der Waals surface area contributed by atoms with Crippen LogP contribution in [0.5, 0.6) is 0 Å². The van der Waals surface area contributed by atoms with Gasteiger partial charge in [0.25, 0.3) is 0 Å². The standard InChI is InChI=1S/C10H18O2/c1-2-3-4-6-10-7-5-8-11-9-12-10/h5,7,10H,2-4,6,8-9H2,1H3. The van der Waals surface area contributed by atoms with Gasteiger partial charge in [-0.2, -0.15) is 0 Å². The van der Waals surface area contributed by atoms with E-state index < -0.39 is 0 Å². The summed E-state index contributed by atoms with van der Waals surface area (Å²) in [6, 6.07) is 0. The second-order valence-electron chi connectivity index (χ2n) is 3.12. The van der Waals surface area contributed by atoms with Gasteiger partial charge in [-0.25, -0.2) is 0 Å². The summed E-state index contributed by atoms with van der Waals surface area (Å²) < 4.78 is 10.6. The summed E-state index contributed by atoms with van der Waals surface area (Å²) in [6.45, 7) is 3.36. The van der Waals surface area contributed by atoms with Crippen LogP contribution in [0, 0.1) is 0 Å². The van der Waals surface area contributed by atoms with Crippen LogP contribution in [-0.2, 0) is 9.47 Å². The summed E-state index contributed by atoms with van der Waals surface area (Å²) in [4.78, 5) is 0. The second-order valence-corrected chi connectivity index (χ2v) is 3.12. The van der Waals surface area contributed by atoms with Gasteiger partial charge >= 0.3 is 0 Å². The van der Waals surface area contributed by atoms with E-state index in [1.54, 1.807) is 0 Å². The van der Waals surface area contributed by atoms with Crippen LogP contribution in [0.2, 0.25) is 0 Å². The maximum atomic E-state index is 5.44. The fraction of sp³-hybridized carbons (Fsp3) is 0.800. The van der Waals surface area contributed by atoms with Crippen LogP contribution < -0.4 is 0 Å². The highest BCUT2D eigenvalue weighted by Gasteiger charge is 2.06. The van der Waals surface area contributed by atoms with Crippen molar-refractivity contribution in [1.29, 1.82) is 0 Å². The average Bonchev–Trinajstić information content (AvgIpc) is 2.33. The van der Waals surface area contributed by atoms with Gasteiger partial charge < -0.3 is 9.47 Å². The lowest BCUT2D eigenvalue weighted by atomic mass is 10.1. The van der Waals surface area contributed by atoms with Crippen LogP contribution in [-0.4, -0.2) is 19.5 Å². The number of unbranched alkanes of at least 4 members (excludes halogenated alkanes) is 2. The number of hydrogen-bond acceptors (Lipinski definition) is 2. The molecular formula is C10H18O2. The van der Waals surface area contributed by atoms with Gasteiger partial charge in [-0.1, -0.05) is 38.3 Å². The molecule has 0 spiro atoms. The zero-order chi connectivity index (χ0) is 8.65. The molecule has 0 bridgehead atoms. The third-order valence-electron chi connectivity index (χ3n) is 2.02. The van der Waals surface area contributed by atoms with Gasteiger partial charge in [-0.05, 0) is 6.42 Å². The molecule has 0 N–H and O–H groups in total. The van der Waals surface area contributed by atoms with E-state index in [1.165, 1.54) is 19.3 Å². The molecule has 0 aromatic rings. The first-order chi connectivity index (χ1) is 5.93. The van der Waals surface area contributed by atoms with Crippen LogP contribution in [0.1, 0.15) is 32.6 Å². The highest BCUT2D eigenvalue weighted by atomic mass is 16.7. The fourth-order valence-corrected chi connectivity index (χ4v) is 1.29. The molecule has 0 saturated carbocycles. The minimum Gasteiger partial charge on any atom is -0.351 e. The Morgan fingerprint density at radius 2 is 2.33 bits per heavy atom. The van der Waals surface area contributed by atoms with Crippen molar-refractivity contribution in [3.05, 3.63) is 12.2 Å². The first kappa shape index (κ1) is 9.75. The van der Waals surface area contributed by atoms with Crippen LogP contribution in [0.3, 0.4) is 0 Å². The summed E-state index contributed by atoms with van der Waals surface area (Å²) >= 11 is 0. The molecule has 0 aliphatic carbocycles. The third-order valence-corrected chi connectivity index (χ3v) is 2.02. The van der Waals surface area contributed by atoms with Gasteiger partial charge in [-0.3, -0.25) is 0 Å². The predicted octanol–water partition coefficient (Wildman–Crippen LogP) is 2.50. The van der Waals surface area contributed by atoms with Crippen LogP contribution in [0.15, 0.2) is 12.2 Å². The minimum atomic E-state index is 0.291. The average molecular weight is 170 g/mol. The SMILES string of the molecule is CCCCCC1C=CCOCO1. The summed E-state index contributed by atoms with van der Waals surface area (Å²) in [5.74, 6) is 0. The van der Waals surface area contributed by atoms with E-state index in [-0.39, 0.29) is 0 Å². The van der Waals surface area contributed by atoms with Gasteiger partial charge in [0.05, 0.1) is 12.7 Å². The Balaban J connectivity index is 2.12. The molecular weight excluding hydrogens is 152 g/mol. The van der Waals surface area contributed by atoms with E-state index >= 15 is 0 Å². The van der Waals surface area contributed by atoms with Crippen molar-refractivity contribution >= 4 is 0 Å². The molecule has 0 amide bonds. The smallest absolute Gasteiger partial charge is 0.147 e. The van der Waals surface area contributed by atoms with Crippen molar-refractivity contribution in [2.24, 2.45) is 0 Å². The fourth-order valence-electron chi connectivity index (χ4n) is 1.29. The second kappa shape index (κ2) is 6.21. The number of rotatable bonds is 4. The first-order valence-electron chi connectivity index (χ1n) is 4.79. The Hall–Kier alpha value is -0.340. The molecule has 0 aromatic heterocycles. The van der Waals surface area contributed by atoms with E-state index in [2.05, 4.69) is 13.0 Å². The van der Waals surface area contributed by atoms with Crippen molar-refractivity contribution < 1.29 is 9.47 Å². The molecule has 1 aliphatic heterocycles. The van der Waals surface area contributed by atoms with Crippen molar-refractivity contribution in [2.75, 3.05) is 13.4 Å². The Kier molecular flexibility index (Phi) is 5.04. The maximum absolute atomic E-state index is 5.44. The summed E-state index contributed by atoms with van der Waals surface area (Å²) in [5, 5.41) is 0. The molecule has 1 rings (SSSR count). The highest BCUT2D eigenvalue weighted by Crippen LogP contribution is 2.09. The van der Waals surface area contributed by atoms with Crippen LogP contribution in [0.25, 0.3) is 0 Å². The van der Waals surface area contributed by atoms with Crippen molar-refractivity contribution in [2.45, 2.75) is 38.7 Å². The first-order valence-corrected chi connectivity index (χ1v) is 4.79.